The molecule has 3 atom stereocenters. The molecule has 1 N–H and O–H groups in total. The third-order valence-corrected chi connectivity index (χ3v) is 5.64. The van der Waals surface area contributed by atoms with Crippen molar-refractivity contribution >= 4 is 5.69 Å². The maximum absolute atomic E-state index is 12.2. The lowest BCUT2D eigenvalue weighted by atomic mass is 9.89. The number of rotatable bonds is 4. The van der Waals surface area contributed by atoms with Gasteiger partial charge in [-0.1, -0.05) is 6.42 Å². The van der Waals surface area contributed by atoms with Gasteiger partial charge in [-0.05, 0) is 56.3 Å². The molecule has 3 unspecified atom stereocenters. The first-order valence-corrected chi connectivity index (χ1v) is 8.11. The summed E-state index contributed by atoms with van der Waals surface area (Å²) in [6.45, 7) is 0.823. The lowest BCUT2D eigenvalue weighted by molar-refractivity contribution is 0.280. The minimum atomic E-state index is 0.0529. The number of nitrogens with zero attached hydrogens (tertiary/aromatic N) is 2. The minimum absolute atomic E-state index is 0.0529. The van der Waals surface area contributed by atoms with Gasteiger partial charge >= 0.3 is 0 Å². The van der Waals surface area contributed by atoms with Gasteiger partial charge in [-0.2, -0.15) is 5.10 Å². The Morgan fingerprint density at radius 3 is 2.75 bits per heavy atom. The van der Waals surface area contributed by atoms with E-state index < -0.39 is 0 Å². The average molecular weight is 273 g/mol. The van der Waals surface area contributed by atoms with E-state index in [1.807, 2.05) is 6.20 Å². The molecule has 108 valence electrons. The standard InChI is InChI=1S/C16H23N3O/c20-16-8-15(18-14-2-1-3-14)9-17-19(16)10-13-7-11-4-5-12(13)6-11/h8-9,11-14,18H,1-7,10H2. The number of anilines is 1. The van der Waals surface area contributed by atoms with Crippen molar-refractivity contribution in [3.8, 4) is 0 Å². The molecular weight excluding hydrogens is 250 g/mol. The topological polar surface area (TPSA) is 46.9 Å². The Hall–Kier alpha value is -1.32. The maximum atomic E-state index is 12.2. The number of hydrogen-bond acceptors (Lipinski definition) is 3. The highest BCUT2D eigenvalue weighted by molar-refractivity contribution is 5.40. The molecule has 2 bridgehead atoms. The Balaban J connectivity index is 1.44. The van der Waals surface area contributed by atoms with Gasteiger partial charge in [0, 0.05) is 18.7 Å². The van der Waals surface area contributed by atoms with Gasteiger partial charge in [-0.25, -0.2) is 4.68 Å². The molecule has 3 aliphatic rings. The van der Waals surface area contributed by atoms with E-state index in [0.717, 1.165) is 24.1 Å². The summed E-state index contributed by atoms with van der Waals surface area (Å²) < 4.78 is 1.68. The van der Waals surface area contributed by atoms with Crippen LogP contribution in [0.2, 0.25) is 0 Å². The van der Waals surface area contributed by atoms with Gasteiger partial charge in [0.1, 0.15) is 0 Å². The number of nitrogens with one attached hydrogen (secondary N) is 1. The van der Waals surface area contributed by atoms with E-state index in [9.17, 15) is 4.79 Å². The van der Waals surface area contributed by atoms with Crippen LogP contribution < -0.4 is 10.9 Å². The van der Waals surface area contributed by atoms with Crippen LogP contribution in [0.3, 0.4) is 0 Å². The molecule has 0 radical (unpaired) electrons. The fraction of sp³-hybridized carbons (Fsp3) is 0.750. The lowest BCUT2D eigenvalue weighted by Crippen LogP contribution is -2.31. The van der Waals surface area contributed by atoms with Crippen molar-refractivity contribution < 1.29 is 0 Å². The quantitative estimate of drug-likeness (QED) is 0.917. The molecule has 0 saturated heterocycles. The Morgan fingerprint density at radius 1 is 1.25 bits per heavy atom. The maximum Gasteiger partial charge on any atom is 0.268 e. The van der Waals surface area contributed by atoms with Crippen LogP contribution in [0.15, 0.2) is 17.1 Å². The Morgan fingerprint density at radius 2 is 2.15 bits per heavy atom. The van der Waals surface area contributed by atoms with Gasteiger partial charge in [0.05, 0.1) is 11.9 Å². The molecular formula is C16H23N3O. The third-order valence-electron chi connectivity index (χ3n) is 5.64. The largest absolute Gasteiger partial charge is 0.381 e. The van der Waals surface area contributed by atoms with E-state index in [-0.39, 0.29) is 5.56 Å². The van der Waals surface area contributed by atoms with E-state index in [1.165, 1.54) is 44.9 Å². The summed E-state index contributed by atoms with van der Waals surface area (Å²) in [4.78, 5) is 12.2. The van der Waals surface area contributed by atoms with Gasteiger partial charge < -0.3 is 5.32 Å². The Labute approximate surface area is 119 Å². The first kappa shape index (κ1) is 12.4. The Kier molecular flexibility index (Phi) is 3.04. The third kappa shape index (κ3) is 2.25. The van der Waals surface area contributed by atoms with Crippen molar-refractivity contribution in [1.29, 1.82) is 0 Å². The second-order valence-corrected chi connectivity index (χ2v) is 6.97. The van der Waals surface area contributed by atoms with Crippen molar-refractivity contribution in [3.05, 3.63) is 22.6 Å². The van der Waals surface area contributed by atoms with Crippen molar-refractivity contribution in [3.63, 3.8) is 0 Å². The monoisotopic (exact) mass is 273 g/mol. The van der Waals surface area contributed by atoms with Gasteiger partial charge in [-0.3, -0.25) is 4.79 Å². The summed E-state index contributed by atoms with van der Waals surface area (Å²) >= 11 is 0. The van der Waals surface area contributed by atoms with E-state index in [1.54, 1.807) is 10.7 Å². The van der Waals surface area contributed by atoms with E-state index in [4.69, 9.17) is 0 Å². The normalized spacial score (nSPS) is 32.3. The highest BCUT2D eigenvalue weighted by atomic mass is 16.1. The zero-order valence-electron chi connectivity index (χ0n) is 11.9. The van der Waals surface area contributed by atoms with Crippen molar-refractivity contribution in [2.24, 2.45) is 17.8 Å². The molecule has 1 aromatic rings. The molecule has 0 spiro atoms. The molecule has 0 aromatic carbocycles. The van der Waals surface area contributed by atoms with Crippen LogP contribution in [0, 0.1) is 17.8 Å². The highest BCUT2D eigenvalue weighted by Crippen LogP contribution is 2.48. The van der Waals surface area contributed by atoms with Gasteiger partial charge in [0.15, 0.2) is 0 Å². The van der Waals surface area contributed by atoms with Crippen LogP contribution in [0.5, 0.6) is 0 Å². The summed E-state index contributed by atoms with van der Waals surface area (Å²) in [5.74, 6) is 2.46. The molecule has 3 aliphatic carbocycles. The van der Waals surface area contributed by atoms with Crippen LogP contribution >= 0.6 is 0 Å². The summed E-state index contributed by atoms with van der Waals surface area (Å²) in [5, 5.41) is 7.77. The number of aromatic nitrogens is 2. The molecule has 1 aromatic heterocycles. The molecule has 3 saturated carbocycles. The van der Waals surface area contributed by atoms with Crippen LogP contribution in [0.1, 0.15) is 44.9 Å². The fourth-order valence-corrected chi connectivity index (χ4v) is 4.26. The highest BCUT2D eigenvalue weighted by Gasteiger charge is 2.39. The van der Waals surface area contributed by atoms with Gasteiger partial charge in [0.2, 0.25) is 0 Å². The SMILES string of the molecule is O=c1cc(NC2CCC2)cnn1CC1CC2CCC1C2. The molecule has 1 heterocycles. The second kappa shape index (κ2) is 4.90. The number of fused-ring (bicyclic) bond motifs is 2. The van der Waals surface area contributed by atoms with Crippen LogP contribution in [-0.2, 0) is 6.54 Å². The number of hydrogen-bond donors (Lipinski definition) is 1. The molecule has 4 nitrogen and oxygen atoms in total. The van der Waals surface area contributed by atoms with Crippen molar-refractivity contribution in [2.45, 2.75) is 57.5 Å². The molecule has 4 heteroatoms. The first-order valence-electron chi connectivity index (χ1n) is 8.11. The van der Waals surface area contributed by atoms with Crippen LogP contribution in [0.4, 0.5) is 5.69 Å². The summed E-state index contributed by atoms with van der Waals surface area (Å²) in [7, 11) is 0. The van der Waals surface area contributed by atoms with Crippen molar-refractivity contribution in [2.75, 3.05) is 5.32 Å². The molecule has 0 amide bonds. The lowest BCUT2D eigenvalue weighted by Gasteiger charge is -2.27. The molecule has 20 heavy (non-hydrogen) atoms. The summed E-state index contributed by atoms with van der Waals surface area (Å²) in [6.07, 6.45) is 11.0. The Bertz CT molecular complexity index is 549. The summed E-state index contributed by atoms with van der Waals surface area (Å²) in [6, 6.07) is 2.27. The predicted octanol–water partition coefficient (Wildman–Crippen LogP) is 2.64. The van der Waals surface area contributed by atoms with E-state index in [2.05, 4.69) is 10.4 Å². The zero-order valence-corrected chi connectivity index (χ0v) is 11.9. The molecule has 3 fully saturated rings. The average Bonchev–Trinajstić information content (AvgIpc) is 2.99. The summed E-state index contributed by atoms with van der Waals surface area (Å²) in [5.41, 5.74) is 0.945. The molecule has 0 aliphatic heterocycles. The molecule has 4 rings (SSSR count). The zero-order chi connectivity index (χ0) is 13.5. The first-order chi connectivity index (χ1) is 9.78. The van der Waals surface area contributed by atoms with E-state index in [0.29, 0.717) is 12.0 Å². The van der Waals surface area contributed by atoms with Gasteiger partial charge in [0.25, 0.3) is 5.56 Å². The predicted molar refractivity (Wildman–Crippen MR) is 78.7 cm³/mol. The van der Waals surface area contributed by atoms with Gasteiger partial charge in [-0.15, -0.1) is 0 Å². The fourth-order valence-electron chi connectivity index (χ4n) is 4.26. The van der Waals surface area contributed by atoms with Crippen molar-refractivity contribution in [1.82, 2.24) is 9.78 Å². The second-order valence-electron chi connectivity index (χ2n) is 6.97. The minimum Gasteiger partial charge on any atom is -0.381 e. The smallest absolute Gasteiger partial charge is 0.268 e. The van der Waals surface area contributed by atoms with Crippen LogP contribution in [0.25, 0.3) is 0 Å². The van der Waals surface area contributed by atoms with Crippen LogP contribution in [-0.4, -0.2) is 15.8 Å². The van der Waals surface area contributed by atoms with E-state index >= 15 is 0 Å².